The summed E-state index contributed by atoms with van der Waals surface area (Å²) in [6.07, 6.45) is 0.970. The van der Waals surface area contributed by atoms with Crippen LogP contribution in [0.1, 0.15) is 45.7 Å². The van der Waals surface area contributed by atoms with Gasteiger partial charge in [0.25, 0.3) is 0 Å². The fourth-order valence-corrected chi connectivity index (χ4v) is 2.31. The number of benzene rings is 1. The van der Waals surface area contributed by atoms with Crippen LogP contribution in [-0.2, 0) is 4.74 Å². The van der Waals surface area contributed by atoms with Crippen molar-refractivity contribution in [3.63, 3.8) is 0 Å². The first-order valence-electron chi connectivity index (χ1n) is 6.83. The molecule has 0 aliphatic rings. The van der Waals surface area contributed by atoms with Crippen molar-refractivity contribution in [2.75, 3.05) is 14.2 Å². The first-order valence-corrected chi connectivity index (χ1v) is 6.83. The average molecular weight is 265 g/mol. The molecule has 0 saturated carbocycles. The Hall–Kier alpha value is -1.06. The van der Waals surface area contributed by atoms with E-state index in [2.05, 4.69) is 45.1 Å². The molecule has 1 aromatic rings. The Bertz CT molecular complexity index is 390. The summed E-state index contributed by atoms with van der Waals surface area (Å²) in [4.78, 5) is 0. The first kappa shape index (κ1) is 16.0. The lowest BCUT2D eigenvalue weighted by Crippen LogP contribution is -2.36. The molecule has 19 heavy (non-hydrogen) atoms. The van der Waals surface area contributed by atoms with Gasteiger partial charge in [0.05, 0.1) is 12.7 Å². The molecule has 0 bridgehead atoms. The summed E-state index contributed by atoms with van der Waals surface area (Å²) < 4.78 is 10.7. The molecule has 0 saturated heterocycles. The molecule has 0 aromatic heterocycles. The van der Waals surface area contributed by atoms with Gasteiger partial charge in [0.2, 0.25) is 0 Å². The van der Waals surface area contributed by atoms with E-state index in [1.54, 1.807) is 14.2 Å². The average Bonchev–Trinajstić information content (AvgIpc) is 2.38. The van der Waals surface area contributed by atoms with Crippen LogP contribution in [0.3, 0.4) is 0 Å². The predicted octanol–water partition coefficient (Wildman–Crippen LogP) is 3.55. The summed E-state index contributed by atoms with van der Waals surface area (Å²) in [5.74, 6) is 0.899. The van der Waals surface area contributed by atoms with Gasteiger partial charge in [0, 0.05) is 19.2 Å². The van der Waals surface area contributed by atoms with Gasteiger partial charge < -0.3 is 14.8 Å². The van der Waals surface area contributed by atoms with Gasteiger partial charge >= 0.3 is 0 Å². The summed E-state index contributed by atoms with van der Waals surface area (Å²) >= 11 is 0. The molecule has 1 aromatic carbocycles. The Balaban J connectivity index is 2.60. The summed E-state index contributed by atoms with van der Waals surface area (Å²) in [5, 5.41) is 3.60. The Labute approximate surface area is 117 Å². The highest BCUT2D eigenvalue weighted by Crippen LogP contribution is 2.21. The molecular weight excluding hydrogens is 238 g/mol. The lowest BCUT2D eigenvalue weighted by atomic mass is 9.98. The van der Waals surface area contributed by atoms with Gasteiger partial charge in [-0.3, -0.25) is 0 Å². The molecule has 0 fully saturated rings. The van der Waals surface area contributed by atoms with Crippen LogP contribution in [0.2, 0.25) is 0 Å². The van der Waals surface area contributed by atoms with E-state index in [0.29, 0.717) is 6.04 Å². The third kappa shape index (κ3) is 5.21. The lowest BCUT2D eigenvalue weighted by Gasteiger charge is -2.29. The van der Waals surface area contributed by atoms with Gasteiger partial charge in [-0.2, -0.15) is 0 Å². The van der Waals surface area contributed by atoms with Gasteiger partial charge in [-0.1, -0.05) is 12.1 Å². The number of rotatable bonds is 7. The number of hydrogen-bond acceptors (Lipinski definition) is 3. The highest BCUT2D eigenvalue weighted by Gasteiger charge is 2.21. The number of ether oxygens (including phenoxy) is 2. The predicted molar refractivity (Wildman–Crippen MR) is 79.7 cm³/mol. The van der Waals surface area contributed by atoms with Crippen LogP contribution in [0.15, 0.2) is 24.3 Å². The first-order chi connectivity index (χ1) is 8.88. The molecule has 2 unspecified atom stereocenters. The van der Waals surface area contributed by atoms with Crippen LogP contribution in [0.4, 0.5) is 0 Å². The van der Waals surface area contributed by atoms with Crippen molar-refractivity contribution >= 4 is 0 Å². The Morgan fingerprint density at radius 1 is 1.21 bits per heavy atom. The van der Waals surface area contributed by atoms with Crippen LogP contribution >= 0.6 is 0 Å². The summed E-state index contributed by atoms with van der Waals surface area (Å²) in [7, 11) is 3.46. The molecule has 108 valence electrons. The second kappa shape index (κ2) is 6.92. The Morgan fingerprint density at radius 3 is 2.47 bits per heavy atom. The van der Waals surface area contributed by atoms with E-state index in [4.69, 9.17) is 9.47 Å². The minimum absolute atomic E-state index is 0.0967. The van der Waals surface area contributed by atoms with Gasteiger partial charge in [0.1, 0.15) is 5.75 Å². The van der Waals surface area contributed by atoms with Crippen molar-refractivity contribution in [1.29, 1.82) is 0 Å². The fourth-order valence-electron chi connectivity index (χ4n) is 2.31. The topological polar surface area (TPSA) is 30.5 Å². The molecule has 3 heteroatoms. The van der Waals surface area contributed by atoms with Gasteiger partial charge in [0.15, 0.2) is 0 Å². The third-order valence-electron chi connectivity index (χ3n) is 3.48. The normalized spacial score (nSPS) is 15.1. The Kier molecular flexibility index (Phi) is 5.83. The van der Waals surface area contributed by atoms with E-state index in [1.165, 1.54) is 5.56 Å². The van der Waals surface area contributed by atoms with Crippen LogP contribution in [0.25, 0.3) is 0 Å². The molecule has 3 nitrogen and oxygen atoms in total. The maximum absolute atomic E-state index is 5.47. The third-order valence-corrected chi connectivity index (χ3v) is 3.48. The second-order valence-electron chi connectivity index (χ2n) is 5.73. The zero-order chi connectivity index (χ0) is 14.5. The molecule has 0 aliphatic carbocycles. The molecule has 1 N–H and O–H groups in total. The Morgan fingerprint density at radius 2 is 1.89 bits per heavy atom. The molecule has 0 heterocycles. The highest BCUT2D eigenvalue weighted by molar-refractivity contribution is 5.30. The van der Waals surface area contributed by atoms with E-state index >= 15 is 0 Å². The minimum atomic E-state index is -0.0967. The van der Waals surface area contributed by atoms with Crippen LogP contribution in [-0.4, -0.2) is 25.9 Å². The molecule has 2 atom stereocenters. The second-order valence-corrected chi connectivity index (χ2v) is 5.73. The van der Waals surface area contributed by atoms with E-state index in [-0.39, 0.29) is 11.6 Å². The standard InChI is InChI=1S/C16H27NO2/c1-12(11-16(3,4)19-6)17-13(2)14-8-7-9-15(10-14)18-5/h7-10,12-13,17H,11H2,1-6H3. The van der Waals surface area contributed by atoms with Crippen molar-refractivity contribution in [2.24, 2.45) is 0 Å². The van der Waals surface area contributed by atoms with Crippen molar-refractivity contribution in [1.82, 2.24) is 5.32 Å². The lowest BCUT2D eigenvalue weighted by molar-refractivity contribution is 0.00782. The summed E-state index contributed by atoms with van der Waals surface area (Å²) in [6, 6.07) is 8.86. The van der Waals surface area contributed by atoms with E-state index in [1.807, 2.05) is 12.1 Å². The monoisotopic (exact) mass is 265 g/mol. The quantitative estimate of drug-likeness (QED) is 0.818. The molecule has 0 radical (unpaired) electrons. The van der Waals surface area contributed by atoms with Crippen molar-refractivity contribution in [2.45, 2.75) is 51.8 Å². The van der Waals surface area contributed by atoms with Crippen LogP contribution in [0, 0.1) is 0 Å². The van der Waals surface area contributed by atoms with Crippen molar-refractivity contribution in [3.05, 3.63) is 29.8 Å². The highest BCUT2D eigenvalue weighted by atomic mass is 16.5. The number of methoxy groups -OCH3 is 2. The fraction of sp³-hybridized carbons (Fsp3) is 0.625. The van der Waals surface area contributed by atoms with Crippen molar-refractivity contribution < 1.29 is 9.47 Å². The maximum Gasteiger partial charge on any atom is 0.119 e. The zero-order valence-electron chi connectivity index (χ0n) is 13.0. The molecule has 0 aliphatic heterocycles. The van der Waals surface area contributed by atoms with Gasteiger partial charge in [-0.05, 0) is 51.8 Å². The van der Waals surface area contributed by atoms with Gasteiger partial charge in [-0.15, -0.1) is 0 Å². The van der Waals surface area contributed by atoms with E-state index in [0.717, 1.165) is 12.2 Å². The summed E-state index contributed by atoms with van der Waals surface area (Å²) in [6.45, 7) is 8.59. The molecule has 0 spiro atoms. The van der Waals surface area contributed by atoms with E-state index in [9.17, 15) is 0 Å². The van der Waals surface area contributed by atoms with Crippen molar-refractivity contribution in [3.8, 4) is 5.75 Å². The minimum Gasteiger partial charge on any atom is -0.497 e. The van der Waals surface area contributed by atoms with E-state index < -0.39 is 0 Å². The number of nitrogens with one attached hydrogen (secondary N) is 1. The molecule has 0 amide bonds. The van der Waals surface area contributed by atoms with Gasteiger partial charge in [-0.25, -0.2) is 0 Å². The summed E-state index contributed by atoms with van der Waals surface area (Å²) in [5.41, 5.74) is 1.14. The zero-order valence-corrected chi connectivity index (χ0v) is 13.0. The SMILES string of the molecule is COc1cccc(C(C)NC(C)CC(C)(C)OC)c1. The molecular formula is C16H27NO2. The van der Waals surface area contributed by atoms with Crippen LogP contribution < -0.4 is 10.1 Å². The smallest absolute Gasteiger partial charge is 0.119 e. The largest absolute Gasteiger partial charge is 0.497 e. The molecule has 1 rings (SSSR count). The van der Waals surface area contributed by atoms with Crippen LogP contribution in [0.5, 0.6) is 5.75 Å². The number of hydrogen-bond donors (Lipinski definition) is 1. The maximum atomic E-state index is 5.47.